The van der Waals surface area contributed by atoms with Gasteiger partial charge >= 0.3 is 39.5 Å². The van der Waals surface area contributed by atoms with Gasteiger partial charge in [0.05, 0.1) is 26.4 Å². The zero-order chi connectivity index (χ0) is 69.4. The lowest BCUT2D eigenvalue weighted by atomic mass is 9.99. The molecule has 6 atom stereocenters. The molecule has 558 valence electrons. The van der Waals surface area contributed by atoms with Crippen LogP contribution in [0.4, 0.5) is 0 Å². The molecule has 19 heteroatoms. The maximum atomic E-state index is 13.1. The number of aliphatic hydroxyl groups excluding tert-OH is 1. The number of phosphoric ester groups is 2. The summed E-state index contributed by atoms with van der Waals surface area (Å²) in [5, 5.41) is 10.6. The Morgan fingerprint density at radius 1 is 0.309 bits per heavy atom. The molecule has 0 aromatic carbocycles. The van der Waals surface area contributed by atoms with Crippen molar-refractivity contribution in [3.8, 4) is 0 Å². The molecule has 0 saturated heterocycles. The van der Waals surface area contributed by atoms with Gasteiger partial charge in [0.25, 0.3) is 0 Å². The summed E-state index contributed by atoms with van der Waals surface area (Å²) in [6, 6.07) is 0. The van der Waals surface area contributed by atoms with Crippen LogP contribution in [0.1, 0.15) is 382 Å². The van der Waals surface area contributed by atoms with E-state index >= 15 is 0 Å². The van der Waals surface area contributed by atoms with Crippen molar-refractivity contribution in [2.45, 2.75) is 401 Å². The number of hydrogen-bond donors (Lipinski definition) is 3. The number of rotatable bonds is 73. The Bertz CT molecular complexity index is 1840. The van der Waals surface area contributed by atoms with Gasteiger partial charge in [0.2, 0.25) is 0 Å². The number of ether oxygens (including phenoxy) is 4. The van der Waals surface area contributed by atoms with Gasteiger partial charge in [0.1, 0.15) is 19.3 Å². The molecule has 3 unspecified atom stereocenters. The van der Waals surface area contributed by atoms with E-state index in [1.165, 1.54) is 186 Å². The quantitative estimate of drug-likeness (QED) is 0.0222. The van der Waals surface area contributed by atoms with Gasteiger partial charge in [-0.2, -0.15) is 0 Å². The molecule has 0 rings (SSSR count). The van der Waals surface area contributed by atoms with Gasteiger partial charge in [-0.3, -0.25) is 37.3 Å². The Morgan fingerprint density at radius 3 is 0.809 bits per heavy atom. The normalized spacial score (nSPS) is 14.4. The van der Waals surface area contributed by atoms with Crippen molar-refractivity contribution in [2.75, 3.05) is 39.6 Å². The van der Waals surface area contributed by atoms with Crippen LogP contribution in [0, 0.1) is 17.8 Å². The van der Waals surface area contributed by atoms with E-state index in [0.29, 0.717) is 25.7 Å². The fourth-order valence-electron chi connectivity index (χ4n) is 11.4. The van der Waals surface area contributed by atoms with E-state index in [1.807, 2.05) is 0 Å². The topological polar surface area (TPSA) is 237 Å². The lowest BCUT2D eigenvalue weighted by Crippen LogP contribution is -2.30. The van der Waals surface area contributed by atoms with Gasteiger partial charge < -0.3 is 33.8 Å². The molecule has 3 N–H and O–H groups in total. The summed E-state index contributed by atoms with van der Waals surface area (Å²) in [4.78, 5) is 72.7. The Hall–Kier alpha value is -1.94. The van der Waals surface area contributed by atoms with E-state index in [4.69, 9.17) is 37.0 Å². The Labute approximate surface area is 575 Å². The third-order valence-corrected chi connectivity index (χ3v) is 19.6. The Kier molecular flexibility index (Phi) is 64.3. The summed E-state index contributed by atoms with van der Waals surface area (Å²) >= 11 is 0. The van der Waals surface area contributed by atoms with Gasteiger partial charge in [0.15, 0.2) is 12.2 Å². The van der Waals surface area contributed by atoms with Crippen molar-refractivity contribution in [3.05, 3.63) is 0 Å². The number of aliphatic hydroxyl groups is 1. The average molecular weight is 1380 g/mol. The third-order valence-electron chi connectivity index (χ3n) is 17.7. The monoisotopic (exact) mass is 1380 g/mol. The molecule has 0 bridgehead atoms. The summed E-state index contributed by atoms with van der Waals surface area (Å²) in [6.07, 6.45) is 51.3. The predicted octanol–water partition coefficient (Wildman–Crippen LogP) is 21.8. The fraction of sp³-hybridized carbons (Fsp3) is 0.947. The van der Waals surface area contributed by atoms with Crippen LogP contribution in [0.3, 0.4) is 0 Å². The summed E-state index contributed by atoms with van der Waals surface area (Å²) < 4.78 is 68.4. The van der Waals surface area contributed by atoms with Gasteiger partial charge in [-0.05, 0) is 43.4 Å². The summed E-state index contributed by atoms with van der Waals surface area (Å²) in [6.45, 7) is 11.9. The van der Waals surface area contributed by atoms with Crippen molar-refractivity contribution in [1.29, 1.82) is 0 Å². The van der Waals surface area contributed by atoms with Crippen molar-refractivity contribution in [3.63, 3.8) is 0 Å². The number of phosphoric acid groups is 2. The molecule has 0 aliphatic rings. The average Bonchev–Trinajstić information content (AvgIpc) is 1.99. The second-order valence-corrected chi connectivity index (χ2v) is 31.1. The van der Waals surface area contributed by atoms with E-state index in [9.17, 15) is 43.2 Å². The van der Waals surface area contributed by atoms with E-state index in [1.54, 1.807) is 0 Å². The first kappa shape index (κ1) is 92.1. The highest BCUT2D eigenvalue weighted by Crippen LogP contribution is 2.45. The van der Waals surface area contributed by atoms with Crippen molar-refractivity contribution in [2.24, 2.45) is 17.8 Å². The minimum Gasteiger partial charge on any atom is -0.462 e. The molecule has 0 heterocycles. The molecule has 0 aliphatic heterocycles. The van der Waals surface area contributed by atoms with Crippen LogP contribution in [-0.4, -0.2) is 96.7 Å². The number of hydrogen-bond acceptors (Lipinski definition) is 15. The van der Waals surface area contributed by atoms with E-state index in [2.05, 4.69) is 48.5 Å². The highest BCUT2D eigenvalue weighted by molar-refractivity contribution is 7.47. The van der Waals surface area contributed by atoms with Crippen LogP contribution in [0.5, 0.6) is 0 Å². The Balaban J connectivity index is 5.22. The van der Waals surface area contributed by atoms with E-state index in [0.717, 1.165) is 114 Å². The maximum absolute atomic E-state index is 13.1. The summed E-state index contributed by atoms with van der Waals surface area (Å²) in [7, 11) is -9.91. The van der Waals surface area contributed by atoms with Gasteiger partial charge in [0, 0.05) is 25.7 Å². The zero-order valence-electron chi connectivity index (χ0n) is 61.4. The first-order valence-electron chi connectivity index (χ1n) is 38.9. The molecule has 17 nitrogen and oxygen atoms in total. The van der Waals surface area contributed by atoms with Crippen LogP contribution in [-0.2, 0) is 65.4 Å². The second-order valence-electron chi connectivity index (χ2n) is 28.2. The van der Waals surface area contributed by atoms with Crippen molar-refractivity contribution in [1.82, 2.24) is 0 Å². The number of unbranched alkanes of at least 4 members (excludes halogenated alkanes) is 40. The largest absolute Gasteiger partial charge is 0.472 e. The van der Waals surface area contributed by atoms with Crippen molar-refractivity contribution < 1.29 is 80.2 Å². The minimum absolute atomic E-state index is 0.105. The molecule has 0 aliphatic carbocycles. The molecule has 0 spiro atoms. The zero-order valence-corrected chi connectivity index (χ0v) is 63.2. The van der Waals surface area contributed by atoms with Crippen LogP contribution in [0.15, 0.2) is 0 Å². The molecule has 0 fully saturated rings. The first-order valence-corrected chi connectivity index (χ1v) is 41.9. The highest BCUT2D eigenvalue weighted by Gasteiger charge is 2.30. The lowest BCUT2D eigenvalue weighted by Gasteiger charge is -2.21. The standard InChI is InChI=1S/C75H146O17P2/c1-8-10-11-12-13-35-42-49-56-72(77)85-62-70(92-75(80)59-52-45-38-31-30-34-41-48-55-68(7)9-2)64-89-93(81,82)87-60-69(76)61-88-94(83,84)90-65-71(63-86-73(78)57-50-43-36-28-24-21-17-19-23-27-33-40-47-54-67(5)6)91-74(79)58-51-44-37-29-25-20-16-14-15-18-22-26-32-39-46-53-66(3)4/h66-71,76H,8-65H2,1-7H3,(H,81,82)(H,83,84)/t68?,69-,70+,71+/m0/s1. The number of carbonyl (C=O) groups excluding carboxylic acids is 4. The maximum Gasteiger partial charge on any atom is 0.472 e. The van der Waals surface area contributed by atoms with Gasteiger partial charge in [-0.15, -0.1) is 0 Å². The molecule has 0 saturated carbocycles. The van der Waals surface area contributed by atoms with Crippen LogP contribution in [0.25, 0.3) is 0 Å². The SMILES string of the molecule is CCCCCCCCCCC(=O)OC[C@H](COP(=O)(O)OC[C@H](O)COP(=O)(O)OC[C@@H](COC(=O)CCCCCCCCCCCCCCCC(C)C)OC(=O)CCCCCCCCCCCCCCCCCC(C)C)OC(=O)CCCCCCCCCCC(C)CC. The highest BCUT2D eigenvalue weighted by atomic mass is 31.2. The van der Waals surface area contributed by atoms with E-state index < -0.39 is 97.5 Å². The molecule has 0 aromatic heterocycles. The predicted molar refractivity (Wildman–Crippen MR) is 381 cm³/mol. The third kappa shape index (κ3) is 67.3. The van der Waals surface area contributed by atoms with Gasteiger partial charge in [-0.1, -0.05) is 331 Å². The molecule has 94 heavy (non-hydrogen) atoms. The second kappa shape index (κ2) is 65.7. The van der Waals surface area contributed by atoms with Gasteiger partial charge in [-0.25, -0.2) is 9.13 Å². The van der Waals surface area contributed by atoms with Crippen molar-refractivity contribution >= 4 is 39.5 Å². The first-order chi connectivity index (χ1) is 45.3. The van der Waals surface area contributed by atoms with Crippen LogP contribution in [0.2, 0.25) is 0 Å². The summed E-state index contributed by atoms with van der Waals surface area (Å²) in [5.74, 6) is 0.241. The molecular formula is C75H146O17P2. The minimum atomic E-state index is -4.96. The van der Waals surface area contributed by atoms with Crippen LogP contribution >= 0.6 is 15.6 Å². The number of esters is 4. The molecule has 0 radical (unpaired) electrons. The smallest absolute Gasteiger partial charge is 0.462 e. The number of carbonyl (C=O) groups is 4. The Morgan fingerprint density at radius 2 is 0.543 bits per heavy atom. The molecular weight excluding hydrogens is 1230 g/mol. The fourth-order valence-corrected chi connectivity index (χ4v) is 13.0. The van der Waals surface area contributed by atoms with E-state index in [-0.39, 0.29) is 25.7 Å². The summed E-state index contributed by atoms with van der Waals surface area (Å²) in [5.41, 5.74) is 0. The molecule has 0 aromatic rings. The molecule has 0 amide bonds. The lowest BCUT2D eigenvalue weighted by molar-refractivity contribution is -0.161. The van der Waals surface area contributed by atoms with Crippen LogP contribution < -0.4 is 0 Å².